The maximum atomic E-state index is 11.0. The highest BCUT2D eigenvalue weighted by molar-refractivity contribution is 6.03. The molecular weight excluding hydrogens is 358 g/mol. The van der Waals surface area contributed by atoms with E-state index in [2.05, 4.69) is 29.4 Å². The molecule has 1 unspecified atom stereocenters. The van der Waals surface area contributed by atoms with E-state index >= 15 is 0 Å². The zero-order valence-electron chi connectivity index (χ0n) is 16.0. The minimum Gasteiger partial charge on any atom is -0.493 e. The summed E-state index contributed by atoms with van der Waals surface area (Å²) in [6, 6.07) is 15.9. The fourth-order valence-corrected chi connectivity index (χ4v) is 3.08. The Morgan fingerprint density at radius 3 is 2.68 bits per heavy atom. The van der Waals surface area contributed by atoms with Crippen LogP contribution < -0.4 is 9.47 Å². The van der Waals surface area contributed by atoms with Crippen molar-refractivity contribution in [3.05, 3.63) is 59.7 Å². The Kier molecular flexibility index (Phi) is 6.89. The molecule has 0 saturated carbocycles. The van der Waals surface area contributed by atoms with E-state index in [-0.39, 0.29) is 6.42 Å². The summed E-state index contributed by atoms with van der Waals surface area (Å²) < 4.78 is 11.3. The topological polar surface area (TPSA) is 77.4 Å². The van der Waals surface area contributed by atoms with Crippen molar-refractivity contribution >= 4 is 11.7 Å². The van der Waals surface area contributed by atoms with E-state index in [1.165, 1.54) is 5.56 Å². The predicted molar refractivity (Wildman–Crippen MR) is 106 cm³/mol. The Labute approximate surface area is 164 Å². The van der Waals surface area contributed by atoms with E-state index in [0.717, 1.165) is 31.2 Å². The Balaban J connectivity index is 1.49. The molecule has 28 heavy (non-hydrogen) atoms. The van der Waals surface area contributed by atoms with Crippen LogP contribution in [0.2, 0.25) is 0 Å². The van der Waals surface area contributed by atoms with Gasteiger partial charge in [0.25, 0.3) is 0 Å². The lowest BCUT2D eigenvalue weighted by Gasteiger charge is -2.12. The largest absolute Gasteiger partial charge is 0.493 e. The fraction of sp³-hybridized carbons (Fsp3) is 0.364. The quantitative estimate of drug-likeness (QED) is 0.626. The monoisotopic (exact) mass is 383 g/mol. The first-order chi connectivity index (χ1) is 13.7. The number of carboxylic acid groups (broad SMARTS) is 1. The fourth-order valence-electron chi connectivity index (χ4n) is 3.08. The lowest BCUT2D eigenvalue weighted by Crippen LogP contribution is -2.19. The third kappa shape index (κ3) is 5.25. The number of nitrogens with zero attached hydrogens (tertiary/aromatic N) is 1. The van der Waals surface area contributed by atoms with Gasteiger partial charge in [-0.15, -0.1) is 0 Å². The first kappa shape index (κ1) is 19.7. The summed E-state index contributed by atoms with van der Waals surface area (Å²) >= 11 is 0. The molecule has 1 heterocycles. The van der Waals surface area contributed by atoms with Crippen LogP contribution in [0.4, 0.5) is 0 Å². The van der Waals surface area contributed by atoms with E-state index in [1.54, 1.807) is 13.2 Å². The van der Waals surface area contributed by atoms with Crippen molar-refractivity contribution in [2.45, 2.75) is 38.2 Å². The molecule has 2 aromatic rings. The number of methoxy groups -OCH3 is 1. The molecule has 2 aromatic carbocycles. The second-order valence-corrected chi connectivity index (χ2v) is 6.68. The number of carbonyl (C=O) groups is 1. The van der Waals surface area contributed by atoms with Gasteiger partial charge in [0.05, 0.1) is 19.4 Å². The average Bonchev–Trinajstić information content (AvgIpc) is 3.22. The molecule has 1 aliphatic heterocycles. The Bertz CT molecular complexity index is 819. The summed E-state index contributed by atoms with van der Waals surface area (Å²) in [4.78, 5) is 16.0. The van der Waals surface area contributed by atoms with Gasteiger partial charge in [0.15, 0.2) is 11.5 Å². The molecule has 1 N–H and O–H groups in total. The molecule has 3 rings (SSSR count). The SMILES string of the molecule is COc1ccc(C2=NOC(C(=O)O)C2)cc1OCCCCCc1ccccc1. The molecule has 0 radical (unpaired) electrons. The van der Waals surface area contributed by atoms with Crippen LogP contribution in [0.5, 0.6) is 11.5 Å². The second-order valence-electron chi connectivity index (χ2n) is 6.68. The number of unbranched alkanes of at least 4 members (excludes halogenated alkanes) is 2. The normalized spacial score (nSPS) is 15.6. The van der Waals surface area contributed by atoms with E-state index in [1.807, 2.05) is 18.2 Å². The maximum absolute atomic E-state index is 11.0. The lowest BCUT2D eigenvalue weighted by atomic mass is 10.0. The summed E-state index contributed by atoms with van der Waals surface area (Å²) in [5, 5.41) is 12.9. The number of rotatable bonds is 10. The van der Waals surface area contributed by atoms with Crippen molar-refractivity contribution in [1.29, 1.82) is 0 Å². The van der Waals surface area contributed by atoms with Crippen LogP contribution in [-0.4, -0.2) is 36.6 Å². The summed E-state index contributed by atoms with van der Waals surface area (Å²) in [5.41, 5.74) is 2.74. The number of ether oxygens (including phenoxy) is 2. The molecule has 0 spiro atoms. The first-order valence-corrected chi connectivity index (χ1v) is 9.48. The van der Waals surface area contributed by atoms with Gasteiger partial charge in [0.1, 0.15) is 0 Å². The summed E-state index contributed by atoms with van der Waals surface area (Å²) in [6.45, 7) is 0.593. The number of benzene rings is 2. The van der Waals surface area contributed by atoms with Gasteiger partial charge in [0, 0.05) is 12.0 Å². The average molecular weight is 383 g/mol. The number of aryl methyl sites for hydroxylation is 1. The molecule has 148 valence electrons. The zero-order valence-corrected chi connectivity index (χ0v) is 16.0. The molecule has 0 saturated heterocycles. The van der Waals surface area contributed by atoms with E-state index in [0.29, 0.717) is 23.8 Å². The summed E-state index contributed by atoms with van der Waals surface area (Å²) in [7, 11) is 1.60. The van der Waals surface area contributed by atoms with Crippen molar-refractivity contribution in [2.24, 2.45) is 5.16 Å². The van der Waals surface area contributed by atoms with Crippen molar-refractivity contribution in [2.75, 3.05) is 13.7 Å². The molecule has 0 aliphatic carbocycles. The first-order valence-electron chi connectivity index (χ1n) is 9.48. The van der Waals surface area contributed by atoms with Crippen LogP contribution in [0.15, 0.2) is 53.7 Å². The van der Waals surface area contributed by atoms with Crippen LogP contribution in [0.3, 0.4) is 0 Å². The van der Waals surface area contributed by atoms with Crippen molar-refractivity contribution in [1.82, 2.24) is 0 Å². The smallest absolute Gasteiger partial charge is 0.348 e. The Hall–Kier alpha value is -3.02. The number of oxime groups is 1. The summed E-state index contributed by atoms with van der Waals surface area (Å²) in [6.07, 6.45) is 3.54. The highest BCUT2D eigenvalue weighted by Gasteiger charge is 2.28. The summed E-state index contributed by atoms with van der Waals surface area (Å²) in [5.74, 6) is 0.256. The highest BCUT2D eigenvalue weighted by atomic mass is 16.7. The minimum atomic E-state index is -1.01. The van der Waals surface area contributed by atoms with E-state index in [4.69, 9.17) is 19.4 Å². The minimum absolute atomic E-state index is 0.237. The van der Waals surface area contributed by atoms with Crippen molar-refractivity contribution in [3.8, 4) is 11.5 Å². The zero-order chi connectivity index (χ0) is 19.8. The van der Waals surface area contributed by atoms with Crippen LogP contribution in [0.25, 0.3) is 0 Å². The van der Waals surface area contributed by atoms with Gasteiger partial charge in [0.2, 0.25) is 6.10 Å². The van der Waals surface area contributed by atoms with Crippen LogP contribution in [-0.2, 0) is 16.1 Å². The number of carboxylic acids is 1. The maximum Gasteiger partial charge on any atom is 0.348 e. The molecule has 0 aromatic heterocycles. The Morgan fingerprint density at radius 2 is 1.96 bits per heavy atom. The molecule has 0 amide bonds. The lowest BCUT2D eigenvalue weighted by molar-refractivity contribution is -0.148. The molecule has 1 aliphatic rings. The predicted octanol–water partition coefficient (Wildman–Crippen LogP) is 4.06. The standard InChI is InChI=1S/C22H25NO5/c1-26-19-12-11-17(18-15-21(22(24)25)28-23-18)14-20(19)27-13-7-3-6-10-16-8-4-2-5-9-16/h2,4-5,8-9,11-12,14,21H,3,6-7,10,13,15H2,1H3,(H,24,25). The van der Waals surface area contributed by atoms with Gasteiger partial charge < -0.3 is 19.4 Å². The number of aliphatic carboxylic acids is 1. The molecule has 6 nitrogen and oxygen atoms in total. The van der Waals surface area contributed by atoms with Gasteiger partial charge in [-0.05, 0) is 49.4 Å². The van der Waals surface area contributed by atoms with Gasteiger partial charge in [-0.2, -0.15) is 0 Å². The molecule has 0 fully saturated rings. The molecule has 1 atom stereocenters. The van der Waals surface area contributed by atoms with Crippen molar-refractivity contribution in [3.63, 3.8) is 0 Å². The van der Waals surface area contributed by atoms with Crippen LogP contribution in [0.1, 0.15) is 36.8 Å². The van der Waals surface area contributed by atoms with Gasteiger partial charge in [-0.3, -0.25) is 0 Å². The van der Waals surface area contributed by atoms with Crippen LogP contribution >= 0.6 is 0 Å². The van der Waals surface area contributed by atoms with Gasteiger partial charge >= 0.3 is 5.97 Å². The third-order valence-corrected chi connectivity index (χ3v) is 4.65. The van der Waals surface area contributed by atoms with Gasteiger partial charge in [-0.25, -0.2) is 4.79 Å². The van der Waals surface area contributed by atoms with E-state index in [9.17, 15) is 4.79 Å². The van der Waals surface area contributed by atoms with E-state index < -0.39 is 12.1 Å². The Morgan fingerprint density at radius 1 is 1.14 bits per heavy atom. The molecule has 0 bridgehead atoms. The molecular formula is C22H25NO5. The number of hydrogen-bond donors (Lipinski definition) is 1. The third-order valence-electron chi connectivity index (χ3n) is 4.65. The molecule has 6 heteroatoms. The van der Waals surface area contributed by atoms with Crippen molar-refractivity contribution < 1.29 is 24.2 Å². The second kappa shape index (κ2) is 9.78. The highest BCUT2D eigenvalue weighted by Crippen LogP contribution is 2.30. The van der Waals surface area contributed by atoms with Gasteiger partial charge in [-0.1, -0.05) is 35.5 Å². The van der Waals surface area contributed by atoms with Crippen LogP contribution in [0, 0.1) is 0 Å². The number of hydrogen-bond acceptors (Lipinski definition) is 5.